The van der Waals surface area contributed by atoms with Gasteiger partial charge in [0, 0.05) is 25.1 Å². The molecule has 0 N–H and O–H groups in total. The van der Waals surface area contributed by atoms with Crippen molar-refractivity contribution in [2.75, 3.05) is 13.1 Å². The Bertz CT molecular complexity index is 859. The zero-order chi connectivity index (χ0) is 18.5. The van der Waals surface area contributed by atoms with Crippen molar-refractivity contribution in [3.8, 4) is 11.3 Å². The van der Waals surface area contributed by atoms with Gasteiger partial charge < -0.3 is 14.2 Å². The third-order valence-corrected chi connectivity index (χ3v) is 4.98. The van der Waals surface area contributed by atoms with Gasteiger partial charge in [-0.05, 0) is 26.3 Å². The van der Waals surface area contributed by atoms with Crippen LogP contribution in [-0.4, -0.2) is 45.0 Å². The molecule has 1 aromatic carbocycles. The summed E-state index contributed by atoms with van der Waals surface area (Å²) in [6.07, 6.45) is 3.72. The van der Waals surface area contributed by atoms with Gasteiger partial charge in [0.15, 0.2) is 0 Å². The zero-order valence-electron chi connectivity index (χ0n) is 15.3. The van der Waals surface area contributed by atoms with Crippen LogP contribution in [0.1, 0.15) is 38.8 Å². The van der Waals surface area contributed by atoms with Crippen LogP contribution in [0, 0.1) is 5.92 Å². The van der Waals surface area contributed by atoms with Gasteiger partial charge in [-0.25, -0.2) is 9.78 Å². The summed E-state index contributed by atoms with van der Waals surface area (Å²) in [4.78, 5) is 30.6. The van der Waals surface area contributed by atoms with Gasteiger partial charge in [-0.2, -0.15) is 0 Å². The third kappa shape index (κ3) is 2.89. The molecule has 6 heteroatoms. The first-order valence-electron chi connectivity index (χ1n) is 8.95. The van der Waals surface area contributed by atoms with Crippen LogP contribution in [0.15, 0.2) is 36.8 Å². The normalized spacial score (nSPS) is 18.9. The van der Waals surface area contributed by atoms with Crippen LogP contribution in [-0.2, 0) is 9.53 Å². The van der Waals surface area contributed by atoms with Crippen LogP contribution in [0.4, 0.5) is 4.79 Å². The number of hydrogen-bond donors (Lipinski definition) is 0. The Morgan fingerprint density at radius 1 is 1.23 bits per heavy atom. The molecule has 26 heavy (non-hydrogen) atoms. The molecule has 2 aliphatic rings. The first-order valence-corrected chi connectivity index (χ1v) is 8.95. The number of carbonyl (C=O) groups excluding carboxylic acids is 2. The van der Waals surface area contributed by atoms with E-state index in [-0.39, 0.29) is 23.8 Å². The number of fused-ring (bicyclic) bond motifs is 3. The number of amides is 1. The van der Waals surface area contributed by atoms with Crippen molar-refractivity contribution >= 4 is 11.9 Å². The van der Waals surface area contributed by atoms with Gasteiger partial charge in [-0.3, -0.25) is 4.79 Å². The maximum absolute atomic E-state index is 12.8. The highest BCUT2D eigenvalue weighted by Crippen LogP contribution is 2.41. The molecule has 2 aromatic rings. The van der Waals surface area contributed by atoms with Crippen molar-refractivity contribution in [3.05, 3.63) is 42.4 Å². The monoisotopic (exact) mass is 353 g/mol. The average molecular weight is 353 g/mol. The summed E-state index contributed by atoms with van der Waals surface area (Å²) in [7, 11) is 0. The molecule has 1 aromatic heterocycles. The molecule has 1 unspecified atom stereocenters. The standard InChI is InChI=1S/C20H23N3O3/c1-20(2,3)26-19(25)22-10-13(11-22)18(24)8-16-14-6-4-5-7-15(14)17-9-21-12-23(16)17/h4-7,9,12-13,16H,8,10-11H2,1-3H3. The third-order valence-electron chi connectivity index (χ3n) is 4.98. The van der Waals surface area contributed by atoms with E-state index in [9.17, 15) is 9.59 Å². The van der Waals surface area contributed by atoms with E-state index >= 15 is 0 Å². The summed E-state index contributed by atoms with van der Waals surface area (Å²) in [5.74, 6) is 0.0772. The van der Waals surface area contributed by atoms with Crippen molar-refractivity contribution in [1.82, 2.24) is 14.5 Å². The van der Waals surface area contributed by atoms with Crippen molar-refractivity contribution in [2.45, 2.75) is 38.8 Å². The number of ketones is 1. The summed E-state index contributed by atoms with van der Waals surface area (Å²) in [6.45, 7) is 6.41. The van der Waals surface area contributed by atoms with Gasteiger partial charge >= 0.3 is 6.09 Å². The van der Waals surface area contributed by atoms with Gasteiger partial charge in [0.1, 0.15) is 11.4 Å². The molecule has 0 saturated carbocycles. The fourth-order valence-electron chi connectivity index (χ4n) is 3.66. The first-order chi connectivity index (χ1) is 12.3. The smallest absolute Gasteiger partial charge is 0.410 e. The average Bonchev–Trinajstić information content (AvgIpc) is 3.07. The van der Waals surface area contributed by atoms with Gasteiger partial charge in [0.25, 0.3) is 0 Å². The van der Waals surface area contributed by atoms with Gasteiger partial charge in [0.05, 0.1) is 30.2 Å². The molecule has 6 nitrogen and oxygen atoms in total. The highest BCUT2D eigenvalue weighted by molar-refractivity contribution is 5.86. The Balaban J connectivity index is 1.41. The number of hydrogen-bond acceptors (Lipinski definition) is 4. The fourth-order valence-corrected chi connectivity index (χ4v) is 3.66. The van der Waals surface area contributed by atoms with E-state index in [1.54, 1.807) is 11.2 Å². The van der Waals surface area contributed by atoms with Crippen molar-refractivity contribution in [2.24, 2.45) is 5.92 Å². The quantitative estimate of drug-likeness (QED) is 0.849. The molecular weight excluding hydrogens is 330 g/mol. The molecule has 0 bridgehead atoms. The lowest BCUT2D eigenvalue weighted by atomic mass is 9.89. The van der Waals surface area contributed by atoms with E-state index in [0.29, 0.717) is 19.5 Å². The number of aromatic nitrogens is 2. The highest BCUT2D eigenvalue weighted by atomic mass is 16.6. The van der Waals surface area contributed by atoms with Crippen LogP contribution in [0.5, 0.6) is 0 Å². The largest absolute Gasteiger partial charge is 0.444 e. The summed E-state index contributed by atoms with van der Waals surface area (Å²) < 4.78 is 7.43. The summed E-state index contributed by atoms with van der Waals surface area (Å²) in [5, 5.41) is 0. The predicted molar refractivity (Wildman–Crippen MR) is 96.7 cm³/mol. The SMILES string of the molecule is CC(C)(C)OC(=O)N1CC(C(=O)CC2c3ccccc3-c3cncn32)C1. The minimum atomic E-state index is -0.516. The zero-order valence-corrected chi connectivity index (χ0v) is 15.3. The first kappa shape index (κ1) is 16.8. The maximum Gasteiger partial charge on any atom is 0.410 e. The molecule has 0 radical (unpaired) electrons. The van der Waals surface area contributed by atoms with Crippen molar-refractivity contribution in [3.63, 3.8) is 0 Å². The van der Waals surface area contributed by atoms with Crippen LogP contribution in [0.2, 0.25) is 0 Å². The maximum atomic E-state index is 12.8. The minimum Gasteiger partial charge on any atom is -0.444 e. The Morgan fingerprint density at radius 2 is 1.96 bits per heavy atom. The summed E-state index contributed by atoms with van der Waals surface area (Å²) >= 11 is 0. The molecule has 1 fully saturated rings. The van der Waals surface area contributed by atoms with Gasteiger partial charge in [-0.1, -0.05) is 24.3 Å². The van der Waals surface area contributed by atoms with Crippen molar-refractivity contribution < 1.29 is 14.3 Å². The van der Waals surface area contributed by atoms with Crippen molar-refractivity contribution in [1.29, 1.82) is 0 Å². The molecule has 136 valence electrons. The van der Waals surface area contributed by atoms with E-state index in [2.05, 4.69) is 21.7 Å². The Morgan fingerprint density at radius 3 is 2.69 bits per heavy atom. The molecule has 1 saturated heterocycles. The topological polar surface area (TPSA) is 64.4 Å². The molecule has 0 aliphatic carbocycles. The molecule has 1 atom stereocenters. The molecule has 4 rings (SSSR count). The second kappa shape index (κ2) is 5.97. The lowest BCUT2D eigenvalue weighted by molar-refractivity contribution is -0.128. The highest BCUT2D eigenvalue weighted by Gasteiger charge is 2.39. The Labute approximate surface area is 152 Å². The molecular formula is C20H23N3O3. The molecule has 3 heterocycles. The number of Topliss-reactive ketones (excluding diaryl/α,β-unsaturated/α-hetero) is 1. The van der Waals surface area contributed by atoms with Crippen LogP contribution >= 0.6 is 0 Å². The number of nitrogens with zero attached hydrogens (tertiary/aromatic N) is 3. The predicted octanol–water partition coefficient (Wildman–Crippen LogP) is 3.28. The molecule has 1 amide bonds. The van der Waals surface area contributed by atoms with Gasteiger partial charge in [0.2, 0.25) is 0 Å². The number of imidazole rings is 1. The number of likely N-dealkylation sites (tertiary alicyclic amines) is 1. The van der Waals surface area contributed by atoms with Crippen LogP contribution < -0.4 is 0 Å². The Hall–Kier alpha value is -2.63. The van der Waals surface area contributed by atoms with E-state index in [0.717, 1.165) is 11.3 Å². The summed E-state index contributed by atoms with van der Waals surface area (Å²) in [5.41, 5.74) is 2.85. The number of carbonyl (C=O) groups is 2. The second-order valence-electron chi connectivity index (χ2n) is 8.04. The van der Waals surface area contributed by atoms with Gasteiger partial charge in [-0.15, -0.1) is 0 Å². The lowest BCUT2D eigenvalue weighted by Gasteiger charge is -2.39. The van der Waals surface area contributed by atoms with E-state index in [1.807, 2.05) is 39.1 Å². The molecule has 2 aliphatic heterocycles. The van der Waals surface area contributed by atoms with E-state index in [4.69, 9.17) is 4.74 Å². The number of ether oxygens (including phenoxy) is 1. The second-order valence-corrected chi connectivity index (χ2v) is 8.04. The minimum absolute atomic E-state index is 0.00761. The van der Waals surface area contributed by atoms with E-state index < -0.39 is 5.60 Å². The number of benzene rings is 1. The fraction of sp³-hybridized carbons (Fsp3) is 0.450. The molecule has 0 spiro atoms. The van der Waals surface area contributed by atoms with Crippen LogP contribution in [0.25, 0.3) is 11.3 Å². The number of rotatable bonds is 3. The lowest BCUT2D eigenvalue weighted by Crippen LogP contribution is -2.54. The van der Waals surface area contributed by atoms with E-state index in [1.165, 1.54) is 5.56 Å². The summed E-state index contributed by atoms with van der Waals surface area (Å²) in [6, 6.07) is 8.15. The Kier molecular flexibility index (Phi) is 3.86. The van der Waals surface area contributed by atoms with Crippen LogP contribution in [0.3, 0.4) is 0 Å².